The van der Waals surface area contributed by atoms with Gasteiger partial charge in [0, 0.05) is 19.6 Å². The Hall–Kier alpha value is -1.06. The molecule has 1 aliphatic heterocycles. The second-order valence-electron chi connectivity index (χ2n) is 7.81. The van der Waals surface area contributed by atoms with E-state index < -0.39 is 6.10 Å². The molecule has 1 aromatic carbocycles. The van der Waals surface area contributed by atoms with Gasteiger partial charge in [0.25, 0.3) is 0 Å². The lowest BCUT2D eigenvalue weighted by Crippen LogP contribution is -2.40. The maximum Gasteiger partial charge on any atom is 0.191 e. The van der Waals surface area contributed by atoms with Crippen molar-refractivity contribution in [1.82, 2.24) is 15.5 Å². The van der Waals surface area contributed by atoms with Crippen molar-refractivity contribution in [2.45, 2.75) is 52.7 Å². The number of likely N-dealkylation sites (tertiary alicyclic amines) is 1. The molecule has 0 bridgehead atoms. The van der Waals surface area contributed by atoms with Gasteiger partial charge >= 0.3 is 0 Å². The van der Waals surface area contributed by atoms with Gasteiger partial charge in [0.1, 0.15) is 5.75 Å². The molecule has 2 atom stereocenters. The fourth-order valence-electron chi connectivity index (χ4n) is 3.53. The first-order valence-corrected chi connectivity index (χ1v) is 10.7. The molecular formula is C22H39IN4O2. The Morgan fingerprint density at radius 2 is 2.10 bits per heavy atom. The average molecular weight is 518 g/mol. The minimum atomic E-state index is -0.655. The Balaban J connectivity index is 0.00000420. The van der Waals surface area contributed by atoms with Crippen LogP contribution in [0.5, 0.6) is 5.75 Å². The Bertz CT molecular complexity index is 612. The van der Waals surface area contributed by atoms with Crippen molar-refractivity contribution in [2.75, 3.05) is 39.3 Å². The highest BCUT2D eigenvalue weighted by molar-refractivity contribution is 14.0. The standard InChI is InChI=1S/C22H38N4O2.HI/c1-5-11-26-12-10-18(16-26)14-24-22(23-6-2)25-15-21(27)19-8-7-9-20(13-19)28-17(3)4;/h7-9,13,17-18,21,27H,5-6,10-12,14-16H2,1-4H3,(H2,23,24,25);1H. The summed E-state index contributed by atoms with van der Waals surface area (Å²) < 4.78 is 5.72. The molecule has 29 heavy (non-hydrogen) atoms. The summed E-state index contributed by atoms with van der Waals surface area (Å²) in [7, 11) is 0. The normalized spacial score (nSPS) is 18.4. The number of nitrogens with one attached hydrogen (secondary N) is 2. The third kappa shape index (κ3) is 9.53. The zero-order valence-corrected chi connectivity index (χ0v) is 20.7. The zero-order valence-electron chi connectivity index (χ0n) is 18.4. The summed E-state index contributed by atoms with van der Waals surface area (Å²) >= 11 is 0. The third-order valence-corrected chi connectivity index (χ3v) is 4.85. The van der Waals surface area contributed by atoms with Crippen LogP contribution < -0.4 is 15.4 Å². The molecule has 0 amide bonds. The van der Waals surface area contributed by atoms with Crippen molar-refractivity contribution in [3.05, 3.63) is 29.8 Å². The van der Waals surface area contributed by atoms with Crippen molar-refractivity contribution >= 4 is 29.9 Å². The Morgan fingerprint density at radius 3 is 2.79 bits per heavy atom. The van der Waals surface area contributed by atoms with E-state index >= 15 is 0 Å². The van der Waals surface area contributed by atoms with Gasteiger partial charge in [-0.15, -0.1) is 24.0 Å². The van der Waals surface area contributed by atoms with Gasteiger partial charge in [0.15, 0.2) is 5.96 Å². The number of hydrogen-bond donors (Lipinski definition) is 3. The van der Waals surface area contributed by atoms with Crippen LogP contribution in [0.4, 0.5) is 0 Å². The van der Waals surface area contributed by atoms with E-state index in [1.807, 2.05) is 38.1 Å². The maximum absolute atomic E-state index is 10.5. The SMILES string of the molecule is CCCN1CCC(CNC(=NCC(O)c2cccc(OC(C)C)c2)NCC)C1.I. The van der Waals surface area contributed by atoms with E-state index in [0.717, 1.165) is 36.9 Å². The number of guanidine groups is 1. The highest BCUT2D eigenvalue weighted by Gasteiger charge is 2.21. The first-order valence-electron chi connectivity index (χ1n) is 10.7. The molecule has 1 heterocycles. The summed E-state index contributed by atoms with van der Waals surface area (Å²) in [5.74, 6) is 2.20. The smallest absolute Gasteiger partial charge is 0.191 e. The number of nitrogens with zero attached hydrogens (tertiary/aromatic N) is 2. The molecule has 0 saturated carbocycles. The summed E-state index contributed by atoms with van der Waals surface area (Å²) in [6, 6.07) is 7.62. The summed E-state index contributed by atoms with van der Waals surface area (Å²) in [6.45, 7) is 13.8. The van der Waals surface area contributed by atoms with Crippen molar-refractivity contribution in [1.29, 1.82) is 0 Å². The lowest BCUT2D eigenvalue weighted by Gasteiger charge is -2.17. The van der Waals surface area contributed by atoms with Gasteiger partial charge in [0.2, 0.25) is 0 Å². The third-order valence-electron chi connectivity index (χ3n) is 4.85. The van der Waals surface area contributed by atoms with E-state index in [9.17, 15) is 5.11 Å². The summed E-state index contributed by atoms with van der Waals surface area (Å²) in [6.07, 6.45) is 1.90. The molecule has 1 aliphatic rings. The van der Waals surface area contributed by atoms with Crippen molar-refractivity contribution in [3.63, 3.8) is 0 Å². The fourth-order valence-corrected chi connectivity index (χ4v) is 3.53. The van der Waals surface area contributed by atoms with Gasteiger partial charge in [-0.25, -0.2) is 0 Å². The number of aliphatic imine (C=N–C) groups is 1. The molecule has 0 radical (unpaired) electrons. The minimum absolute atomic E-state index is 0. The van der Waals surface area contributed by atoms with Crippen LogP contribution in [0.2, 0.25) is 0 Å². The van der Waals surface area contributed by atoms with Gasteiger partial charge in [-0.3, -0.25) is 4.99 Å². The van der Waals surface area contributed by atoms with Crippen molar-refractivity contribution in [3.8, 4) is 5.75 Å². The summed E-state index contributed by atoms with van der Waals surface area (Å²) in [5.41, 5.74) is 0.823. The largest absolute Gasteiger partial charge is 0.491 e. The molecule has 2 unspecified atom stereocenters. The van der Waals surface area contributed by atoms with Crippen molar-refractivity contribution in [2.24, 2.45) is 10.9 Å². The van der Waals surface area contributed by atoms with Crippen LogP contribution in [0.3, 0.4) is 0 Å². The van der Waals surface area contributed by atoms with Gasteiger partial charge in [0.05, 0.1) is 18.8 Å². The quantitative estimate of drug-likeness (QED) is 0.252. The van der Waals surface area contributed by atoms with E-state index in [1.54, 1.807) is 0 Å². The first-order chi connectivity index (χ1) is 13.5. The molecule has 7 heteroatoms. The summed E-state index contributed by atoms with van der Waals surface area (Å²) in [4.78, 5) is 7.12. The highest BCUT2D eigenvalue weighted by Crippen LogP contribution is 2.20. The topological polar surface area (TPSA) is 69.1 Å². The zero-order chi connectivity index (χ0) is 20.4. The van der Waals surface area contributed by atoms with Crippen molar-refractivity contribution < 1.29 is 9.84 Å². The minimum Gasteiger partial charge on any atom is -0.491 e. The van der Waals surface area contributed by atoms with Crippen LogP contribution in [0.25, 0.3) is 0 Å². The van der Waals surface area contributed by atoms with Gasteiger partial charge in [-0.05, 0) is 70.3 Å². The van der Waals surface area contributed by atoms with Crippen LogP contribution in [0.15, 0.2) is 29.3 Å². The molecule has 0 aliphatic carbocycles. The van der Waals surface area contributed by atoms with E-state index in [-0.39, 0.29) is 30.1 Å². The van der Waals surface area contributed by atoms with Crippen LogP contribution in [-0.2, 0) is 0 Å². The number of halogens is 1. The predicted molar refractivity (Wildman–Crippen MR) is 131 cm³/mol. The molecule has 0 aromatic heterocycles. The molecule has 0 spiro atoms. The van der Waals surface area contributed by atoms with Crippen LogP contribution in [-0.4, -0.2) is 61.3 Å². The van der Waals surface area contributed by atoms with E-state index in [1.165, 1.54) is 25.9 Å². The highest BCUT2D eigenvalue weighted by atomic mass is 127. The number of aliphatic hydroxyl groups is 1. The van der Waals surface area contributed by atoms with E-state index in [0.29, 0.717) is 12.5 Å². The fraction of sp³-hybridized carbons (Fsp3) is 0.682. The molecule has 2 rings (SSSR count). The number of benzene rings is 1. The molecule has 166 valence electrons. The Morgan fingerprint density at radius 1 is 1.31 bits per heavy atom. The predicted octanol–water partition coefficient (Wildman–Crippen LogP) is 3.41. The summed E-state index contributed by atoms with van der Waals surface area (Å²) in [5, 5.41) is 17.3. The lowest BCUT2D eigenvalue weighted by atomic mass is 10.1. The molecular weight excluding hydrogens is 479 g/mol. The average Bonchev–Trinajstić information content (AvgIpc) is 3.11. The number of rotatable bonds is 10. The second-order valence-corrected chi connectivity index (χ2v) is 7.81. The van der Waals surface area contributed by atoms with Gasteiger partial charge in [-0.1, -0.05) is 19.1 Å². The lowest BCUT2D eigenvalue weighted by molar-refractivity contribution is 0.185. The van der Waals surface area contributed by atoms with Crippen LogP contribution in [0.1, 0.15) is 52.2 Å². The second kappa shape index (κ2) is 14.0. The number of aliphatic hydroxyl groups excluding tert-OH is 1. The van der Waals surface area contributed by atoms with Gasteiger partial charge < -0.3 is 25.4 Å². The molecule has 3 N–H and O–H groups in total. The Kier molecular flexibility index (Phi) is 12.6. The van der Waals surface area contributed by atoms with Gasteiger partial charge in [-0.2, -0.15) is 0 Å². The van der Waals surface area contributed by atoms with E-state index in [2.05, 4.69) is 34.4 Å². The maximum atomic E-state index is 10.5. The van der Waals surface area contributed by atoms with Crippen LogP contribution in [0, 0.1) is 5.92 Å². The number of hydrogen-bond acceptors (Lipinski definition) is 4. The number of ether oxygens (including phenoxy) is 1. The Labute approximate surface area is 193 Å². The molecule has 6 nitrogen and oxygen atoms in total. The molecule has 1 aromatic rings. The first kappa shape index (κ1) is 26.0. The van der Waals surface area contributed by atoms with E-state index in [4.69, 9.17) is 4.74 Å². The van der Waals surface area contributed by atoms with Crippen LogP contribution >= 0.6 is 24.0 Å². The molecule has 1 saturated heterocycles. The monoisotopic (exact) mass is 518 g/mol. The molecule has 1 fully saturated rings.